The van der Waals surface area contributed by atoms with Crippen LogP contribution in [0, 0.1) is 22.7 Å². The predicted octanol–water partition coefficient (Wildman–Crippen LogP) is 2.53. The number of carbonyl (C=O) groups excluding carboxylic acids is 2. The fourth-order valence-electron chi connectivity index (χ4n) is 6.07. The number of aliphatic hydroxyl groups excluding tert-OH is 1. The fraction of sp³-hybridized carbons (Fsp3) is 0.600. The highest BCUT2D eigenvalue weighted by molar-refractivity contribution is 5.93. The van der Waals surface area contributed by atoms with Gasteiger partial charge in [0.15, 0.2) is 0 Å². The first kappa shape index (κ1) is 16.1. The van der Waals surface area contributed by atoms with Gasteiger partial charge in [-0.2, -0.15) is 0 Å². The van der Waals surface area contributed by atoms with Crippen LogP contribution in [0.3, 0.4) is 0 Å². The number of allylic oxidation sites excluding steroid dienone is 1. The quantitative estimate of drug-likeness (QED) is 0.777. The molecule has 0 radical (unpaired) electrons. The number of esters is 2. The number of hydrogen-bond donors (Lipinski definition) is 1. The van der Waals surface area contributed by atoms with Gasteiger partial charge < -0.3 is 19.0 Å². The Labute approximate surface area is 151 Å². The highest BCUT2D eigenvalue weighted by Gasteiger charge is 2.71. The Kier molecular flexibility index (Phi) is 3.24. The Morgan fingerprint density at radius 3 is 2.88 bits per heavy atom. The minimum absolute atomic E-state index is 0.0346. The van der Waals surface area contributed by atoms with Gasteiger partial charge in [-0.25, -0.2) is 4.79 Å². The lowest BCUT2D eigenvalue weighted by Gasteiger charge is -2.56. The average molecular weight is 358 g/mol. The van der Waals surface area contributed by atoms with E-state index in [0.29, 0.717) is 24.8 Å². The van der Waals surface area contributed by atoms with E-state index in [9.17, 15) is 14.7 Å². The SMILES string of the molecule is C[C@H]1C[C@@H](O)C23COC(=O)C2=CCC[C@@H]3[C@@]12C[C@@H](c1ccoc1)OC2=O. The third-order valence-electron chi connectivity index (χ3n) is 7.33. The van der Waals surface area contributed by atoms with Crippen LogP contribution in [0.4, 0.5) is 0 Å². The zero-order valence-electron chi connectivity index (χ0n) is 14.6. The van der Waals surface area contributed by atoms with Crippen LogP contribution < -0.4 is 0 Å². The fourth-order valence-corrected chi connectivity index (χ4v) is 6.07. The smallest absolute Gasteiger partial charge is 0.334 e. The van der Waals surface area contributed by atoms with Crippen molar-refractivity contribution in [1.29, 1.82) is 0 Å². The van der Waals surface area contributed by atoms with E-state index in [1.807, 2.05) is 19.1 Å². The highest BCUT2D eigenvalue weighted by Crippen LogP contribution is 2.67. The Bertz CT molecular complexity index is 795. The summed E-state index contributed by atoms with van der Waals surface area (Å²) in [5, 5.41) is 11.0. The van der Waals surface area contributed by atoms with Gasteiger partial charge in [0, 0.05) is 17.6 Å². The molecule has 2 saturated heterocycles. The summed E-state index contributed by atoms with van der Waals surface area (Å²) in [7, 11) is 0. The van der Waals surface area contributed by atoms with Gasteiger partial charge in [0.1, 0.15) is 12.7 Å². The van der Waals surface area contributed by atoms with Crippen molar-refractivity contribution in [2.75, 3.05) is 6.61 Å². The van der Waals surface area contributed by atoms with Crippen LogP contribution in [-0.2, 0) is 19.1 Å². The topological polar surface area (TPSA) is 86.0 Å². The van der Waals surface area contributed by atoms with Crippen molar-refractivity contribution in [3.8, 4) is 0 Å². The van der Waals surface area contributed by atoms with Crippen molar-refractivity contribution >= 4 is 11.9 Å². The largest absolute Gasteiger partial charge is 0.472 e. The van der Waals surface area contributed by atoms with E-state index in [-0.39, 0.29) is 36.5 Å². The van der Waals surface area contributed by atoms with Crippen molar-refractivity contribution in [3.05, 3.63) is 35.8 Å². The number of carbonyl (C=O) groups is 2. The van der Waals surface area contributed by atoms with Crippen LogP contribution >= 0.6 is 0 Å². The first-order chi connectivity index (χ1) is 12.5. The normalized spacial score (nSPS) is 44.3. The van der Waals surface area contributed by atoms with Crippen molar-refractivity contribution in [3.63, 3.8) is 0 Å². The molecule has 3 fully saturated rings. The second-order valence-electron chi connectivity index (χ2n) is 8.21. The monoisotopic (exact) mass is 358 g/mol. The molecular formula is C20H22O6. The summed E-state index contributed by atoms with van der Waals surface area (Å²) < 4.78 is 16.3. The lowest BCUT2D eigenvalue weighted by molar-refractivity contribution is -0.174. The Morgan fingerprint density at radius 1 is 1.27 bits per heavy atom. The number of hydrogen-bond acceptors (Lipinski definition) is 6. The van der Waals surface area contributed by atoms with E-state index in [2.05, 4.69) is 0 Å². The predicted molar refractivity (Wildman–Crippen MR) is 88.6 cm³/mol. The van der Waals surface area contributed by atoms with Gasteiger partial charge in [0.25, 0.3) is 0 Å². The number of rotatable bonds is 1. The number of cyclic esters (lactones) is 2. The van der Waals surface area contributed by atoms with Gasteiger partial charge in [0.2, 0.25) is 0 Å². The van der Waals surface area contributed by atoms with Crippen LogP contribution in [-0.4, -0.2) is 29.8 Å². The van der Waals surface area contributed by atoms with Crippen molar-refractivity contribution in [2.45, 2.75) is 44.8 Å². The van der Waals surface area contributed by atoms with E-state index in [4.69, 9.17) is 13.9 Å². The number of ether oxygens (including phenoxy) is 2. The molecule has 2 aliphatic carbocycles. The molecule has 5 rings (SSSR count). The molecule has 4 aliphatic rings. The average Bonchev–Trinajstić information content (AvgIpc) is 3.33. The molecule has 0 aromatic carbocycles. The van der Waals surface area contributed by atoms with Crippen LogP contribution in [0.25, 0.3) is 0 Å². The first-order valence-electron chi connectivity index (χ1n) is 9.29. The van der Waals surface area contributed by atoms with Gasteiger partial charge in [-0.1, -0.05) is 13.0 Å². The van der Waals surface area contributed by atoms with E-state index in [1.165, 1.54) is 0 Å². The molecule has 1 unspecified atom stereocenters. The molecule has 6 atom stereocenters. The molecule has 26 heavy (non-hydrogen) atoms. The molecule has 0 amide bonds. The van der Waals surface area contributed by atoms with Gasteiger partial charge in [0.05, 0.1) is 29.5 Å². The maximum absolute atomic E-state index is 13.2. The highest BCUT2D eigenvalue weighted by atomic mass is 16.6. The summed E-state index contributed by atoms with van der Waals surface area (Å²) in [4.78, 5) is 25.5. The van der Waals surface area contributed by atoms with E-state index >= 15 is 0 Å². The molecule has 1 aromatic rings. The summed E-state index contributed by atoms with van der Waals surface area (Å²) >= 11 is 0. The molecule has 2 aliphatic heterocycles. The van der Waals surface area contributed by atoms with Crippen molar-refractivity contribution in [1.82, 2.24) is 0 Å². The van der Waals surface area contributed by atoms with E-state index in [0.717, 1.165) is 12.0 Å². The van der Waals surface area contributed by atoms with Gasteiger partial charge in [-0.15, -0.1) is 0 Å². The summed E-state index contributed by atoms with van der Waals surface area (Å²) in [6, 6.07) is 1.82. The molecular weight excluding hydrogens is 336 g/mol. The van der Waals surface area contributed by atoms with Gasteiger partial charge >= 0.3 is 11.9 Å². The van der Waals surface area contributed by atoms with Crippen molar-refractivity contribution < 1.29 is 28.6 Å². The zero-order chi connectivity index (χ0) is 18.1. The molecule has 6 heteroatoms. The summed E-state index contributed by atoms with van der Waals surface area (Å²) in [5.74, 6) is -0.763. The van der Waals surface area contributed by atoms with Crippen LogP contribution in [0.15, 0.2) is 34.7 Å². The van der Waals surface area contributed by atoms with Gasteiger partial charge in [-0.3, -0.25) is 4.79 Å². The lowest BCUT2D eigenvalue weighted by Crippen LogP contribution is -2.60. The lowest BCUT2D eigenvalue weighted by atomic mass is 9.45. The maximum atomic E-state index is 13.2. The third-order valence-corrected chi connectivity index (χ3v) is 7.33. The molecule has 138 valence electrons. The zero-order valence-corrected chi connectivity index (χ0v) is 14.6. The molecule has 6 nitrogen and oxygen atoms in total. The summed E-state index contributed by atoms with van der Waals surface area (Å²) in [6.45, 7) is 2.17. The standard InChI is InChI=1S/C20H22O6/c1-11-7-16(21)20-10-25-17(22)13(20)3-2-4-15(20)19(11)8-14(26-18(19)23)12-5-6-24-9-12/h3,5-6,9,11,14-16,21H,2,4,7-8,10H2,1H3/t11-,14-,15+,16+,19+,20?/m0/s1. The number of aliphatic hydroxyl groups is 1. The second-order valence-corrected chi connectivity index (χ2v) is 8.21. The second kappa shape index (κ2) is 5.22. The third kappa shape index (κ3) is 1.76. The van der Waals surface area contributed by atoms with E-state index < -0.39 is 16.9 Å². The minimum atomic E-state index is -0.786. The molecule has 0 bridgehead atoms. The van der Waals surface area contributed by atoms with Crippen LogP contribution in [0.2, 0.25) is 0 Å². The summed E-state index contributed by atoms with van der Waals surface area (Å²) in [6.07, 6.45) is 6.52. The van der Waals surface area contributed by atoms with Gasteiger partial charge in [-0.05, 0) is 37.2 Å². The minimum Gasteiger partial charge on any atom is -0.472 e. The summed E-state index contributed by atoms with van der Waals surface area (Å²) in [5.41, 5.74) is -0.0825. The van der Waals surface area contributed by atoms with Crippen LogP contribution in [0.1, 0.15) is 44.3 Å². The number of fused-ring (bicyclic) bond motifs is 1. The molecule has 1 N–H and O–H groups in total. The Hall–Kier alpha value is -2.08. The number of furan rings is 1. The van der Waals surface area contributed by atoms with Crippen molar-refractivity contribution in [2.24, 2.45) is 22.7 Å². The Balaban J connectivity index is 1.62. The molecule has 3 heterocycles. The van der Waals surface area contributed by atoms with Crippen LogP contribution in [0.5, 0.6) is 0 Å². The van der Waals surface area contributed by atoms with E-state index in [1.54, 1.807) is 12.5 Å². The Morgan fingerprint density at radius 2 is 2.12 bits per heavy atom. The molecule has 2 spiro atoms. The maximum Gasteiger partial charge on any atom is 0.334 e. The molecule has 1 aromatic heterocycles. The first-order valence-corrected chi connectivity index (χ1v) is 9.29. The molecule has 1 saturated carbocycles.